The van der Waals surface area contributed by atoms with Crippen LogP contribution in [-0.4, -0.2) is 53.5 Å². The Morgan fingerprint density at radius 1 is 1.23 bits per heavy atom. The summed E-state index contributed by atoms with van der Waals surface area (Å²) in [6.45, 7) is 7.56. The van der Waals surface area contributed by atoms with E-state index in [1.807, 2.05) is 32.9 Å². The van der Waals surface area contributed by atoms with Crippen molar-refractivity contribution in [3.63, 3.8) is 0 Å². The predicted octanol–water partition coefficient (Wildman–Crippen LogP) is 2.82. The van der Waals surface area contributed by atoms with Crippen molar-refractivity contribution in [3.8, 4) is 0 Å². The third-order valence-corrected chi connectivity index (χ3v) is 4.92. The molecule has 144 valence electrons. The molecule has 0 N–H and O–H groups in total. The minimum absolute atomic E-state index is 0.0404. The minimum Gasteiger partial charge on any atom is -0.467 e. The fourth-order valence-electron chi connectivity index (χ4n) is 3.31. The number of ether oxygens (including phenoxy) is 1. The molecule has 6 heteroatoms. The van der Waals surface area contributed by atoms with E-state index >= 15 is 0 Å². The largest absolute Gasteiger partial charge is 0.467 e. The van der Waals surface area contributed by atoms with E-state index in [0.29, 0.717) is 13.1 Å². The molecular formula is C20H30N2O4. The molecule has 1 aliphatic carbocycles. The molecule has 6 nitrogen and oxygen atoms in total. The Balaban J connectivity index is 1.69. The summed E-state index contributed by atoms with van der Waals surface area (Å²) in [6, 6.07) is 3.90. The van der Waals surface area contributed by atoms with Gasteiger partial charge in [0.25, 0.3) is 0 Å². The van der Waals surface area contributed by atoms with Crippen LogP contribution in [0.3, 0.4) is 0 Å². The summed E-state index contributed by atoms with van der Waals surface area (Å²) in [5, 5.41) is 0. The van der Waals surface area contributed by atoms with Gasteiger partial charge in [-0.1, -0.05) is 20.8 Å². The Bertz CT molecular complexity index is 610. The monoisotopic (exact) mass is 362 g/mol. The van der Waals surface area contributed by atoms with E-state index in [4.69, 9.17) is 9.15 Å². The third kappa shape index (κ3) is 4.87. The summed E-state index contributed by atoms with van der Waals surface area (Å²) >= 11 is 0. The number of furan rings is 1. The Morgan fingerprint density at radius 2 is 2.00 bits per heavy atom. The molecule has 2 aliphatic rings. The first-order valence-electron chi connectivity index (χ1n) is 9.57. The van der Waals surface area contributed by atoms with Gasteiger partial charge in [0.05, 0.1) is 18.9 Å². The van der Waals surface area contributed by atoms with E-state index in [2.05, 4.69) is 0 Å². The van der Waals surface area contributed by atoms with Gasteiger partial charge in [0.1, 0.15) is 12.3 Å². The van der Waals surface area contributed by atoms with E-state index in [9.17, 15) is 9.59 Å². The van der Waals surface area contributed by atoms with Crippen LogP contribution in [-0.2, 0) is 20.9 Å². The van der Waals surface area contributed by atoms with Gasteiger partial charge in [0, 0.05) is 24.6 Å². The van der Waals surface area contributed by atoms with Crippen molar-refractivity contribution in [2.45, 2.75) is 65.1 Å². The van der Waals surface area contributed by atoms with Crippen molar-refractivity contribution < 1.29 is 18.7 Å². The van der Waals surface area contributed by atoms with Crippen LogP contribution in [0.4, 0.5) is 0 Å². The van der Waals surface area contributed by atoms with E-state index in [-0.39, 0.29) is 30.5 Å². The van der Waals surface area contributed by atoms with Crippen molar-refractivity contribution in [1.29, 1.82) is 0 Å². The fourth-order valence-corrected chi connectivity index (χ4v) is 3.31. The number of hydrogen-bond donors (Lipinski definition) is 0. The number of carbonyl (C=O) groups excluding carboxylic acids is 2. The van der Waals surface area contributed by atoms with Gasteiger partial charge in [-0.05, 0) is 37.8 Å². The van der Waals surface area contributed by atoms with E-state index in [0.717, 1.165) is 38.1 Å². The first-order valence-corrected chi connectivity index (χ1v) is 9.57. The van der Waals surface area contributed by atoms with Crippen LogP contribution < -0.4 is 0 Å². The highest BCUT2D eigenvalue weighted by molar-refractivity contribution is 5.88. The van der Waals surface area contributed by atoms with Crippen molar-refractivity contribution >= 4 is 11.8 Å². The Morgan fingerprint density at radius 3 is 2.54 bits per heavy atom. The maximum atomic E-state index is 13.1. The molecule has 0 bridgehead atoms. The molecular weight excluding hydrogens is 332 g/mol. The van der Waals surface area contributed by atoms with Gasteiger partial charge < -0.3 is 19.0 Å². The molecule has 1 aliphatic heterocycles. The van der Waals surface area contributed by atoms with Crippen LogP contribution in [0.5, 0.6) is 0 Å². The van der Waals surface area contributed by atoms with E-state index < -0.39 is 5.41 Å². The molecule has 1 atom stereocenters. The Kier molecular flexibility index (Phi) is 5.70. The molecule has 3 rings (SSSR count). The third-order valence-electron chi connectivity index (χ3n) is 4.92. The molecule has 26 heavy (non-hydrogen) atoms. The molecule has 0 radical (unpaired) electrons. The van der Waals surface area contributed by atoms with Crippen LogP contribution in [0.2, 0.25) is 0 Å². The number of carbonyl (C=O) groups is 2. The van der Waals surface area contributed by atoms with E-state index in [1.165, 1.54) is 0 Å². The fraction of sp³-hybridized carbons (Fsp3) is 0.700. The quantitative estimate of drug-likeness (QED) is 0.748. The highest BCUT2D eigenvalue weighted by Gasteiger charge is 2.39. The molecule has 2 amide bonds. The van der Waals surface area contributed by atoms with Gasteiger partial charge in [0.15, 0.2) is 0 Å². The molecule has 0 spiro atoms. The first-order chi connectivity index (χ1) is 12.3. The second kappa shape index (κ2) is 7.82. The summed E-state index contributed by atoms with van der Waals surface area (Å²) in [6.07, 6.45) is 5.66. The summed E-state index contributed by atoms with van der Waals surface area (Å²) in [4.78, 5) is 29.4. The Labute approximate surface area is 155 Å². The first kappa shape index (κ1) is 19.0. The van der Waals surface area contributed by atoms with Gasteiger partial charge in [-0.15, -0.1) is 0 Å². The van der Waals surface area contributed by atoms with Crippen LogP contribution in [0.25, 0.3) is 0 Å². The minimum atomic E-state index is -0.483. The van der Waals surface area contributed by atoms with Gasteiger partial charge in [-0.3, -0.25) is 9.59 Å². The standard InChI is InChI=1S/C20H30N2O4/c1-20(2,3)19(24)22(15-8-9-15)14-18(23)21(12-16-6-4-10-25-16)13-17-7-5-11-26-17/h4,6,10,15,17H,5,7-9,11-14H2,1-3H3/t17-/m1/s1. The SMILES string of the molecule is CC(C)(C)C(=O)N(CC(=O)N(Cc1ccco1)C[C@H]1CCCO1)C1CC1. The van der Waals surface area contributed by atoms with E-state index in [1.54, 1.807) is 16.1 Å². The zero-order valence-electron chi connectivity index (χ0n) is 16.1. The topological polar surface area (TPSA) is 63.0 Å². The van der Waals surface area contributed by atoms with Gasteiger partial charge >= 0.3 is 0 Å². The summed E-state index contributed by atoms with van der Waals surface area (Å²) in [5.41, 5.74) is -0.483. The highest BCUT2D eigenvalue weighted by atomic mass is 16.5. The summed E-state index contributed by atoms with van der Waals surface area (Å²) in [5.74, 6) is 0.751. The summed E-state index contributed by atoms with van der Waals surface area (Å²) < 4.78 is 11.1. The van der Waals surface area contributed by atoms with Crippen molar-refractivity contribution in [1.82, 2.24) is 9.80 Å². The zero-order valence-corrected chi connectivity index (χ0v) is 16.1. The van der Waals surface area contributed by atoms with Crippen LogP contribution in [0.15, 0.2) is 22.8 Å². The summed E-state index contributed by atoms with van der Waals surface area (Å²) in [7, 11) is 0. The molecule has 1 saturated carbocycles. The second-order valence-corrected chi connectivity index (χ2v) is 8.40. The highest BCUT2D eigenvalue weighted by Crippen LogP contribution is 2.31. The molecule has 2 fully saturated rings. The lowest BCUT2D eigenvalue weighted by Crippen LogP contribution is -2.48. The van der Waals surface area contributed by atoms with Crippen LogP contribution >= 0.6 is 0 Å². The van der Waals surface area contributed by atoms with Gasteiger partial charge in [-0.25, -0.2) is 0 Å². The normalized spacial score (nSPS) is 20.2. The van der Waals surface area contributed by atoms with Crippen LogP contribution in [0.1, 0.15) is 52.2 Å². The predicted molar refractivity (Wildman–Crippen MR) is 97.3 cm³/mol. The molecule has 1 aromatic heterocycles. The maximum absolute atomic E-state index is 13.1. The number of amides is 2. The zero-order chi connectivity index (χ0) is 18.7. The average Bonchev–Trinajstić information content (AvgIpc) is 3.06. The van der Waals surface area contributed by atoms with Crippen molar-refractivity contribution in [3.05, 3.63) is 24.2 Å². The molecule has 0 aromatic carbocycles. The molecule has 0 unspecified atom stereocenters. The van der Waals surface area contributed by atoms with Crippen molar-refractivity contribution in [2.24, 2.45) is 5.41 Å². The van der Waals surface area contributed by atoms with Crippen molar-refractivity contribution in [2.75, 3.05) is 19.7 Å². The Hall–Kier alpha value is -1.82. The lowest BCUT2D eigenvalue weighted by Gasteiger charge is -2.32. The lowest BCUT2D eigenvalue weighted by molar-refractivity contribution is -0.147. The van der Waals surface area contributed by atoms with Gasteiger partial charge in [0.2, 0.25) is 11.8 Å². The molecule has 1 saturated heterocycles. The van der Waals surface area contributed by atoms with Crippen LogP contribution in [0, 0.1) is 5.41 Å². The maximum Gasteiger partial charge on any atom is 0.242 e. The number of hydrogen-bond acceptors (Lipinski definition) is 4. The smallest absolute Gasteiger partial charge is 0.242 e. The number of rotatable bonds is 7. The number of nitrogens with zero attached hydrogens (tertiary/aromatic N) is 2. The average molecular weight is 362 g/mol. The molecule has 2 heterocycles. The lowest BCUT2D eigenvalue weighted by atomic mass is 9.94. The molecule has 1 aromatic rings. The van der Waals surface area contributed by atoms with Gasteiger partial charge in [-0.2, -0.15) is 0 Å². The second-order valence-electron chi connectivity index (χ2n) is 8.40.